The summed E-state index contributed by atoms with van der Waals surface area (Å²) in [5.74, 6) is 2.36. The summed E-state index contributed by atoms with van der Waals surface area (Å²) in [5, 5.41) is 2.35. The highest BCUT2D eigenvalue weighted by molar-refractivity contribution is 6.10. The van der Waals surface area contributed by atoms with Crippen molar-refractivity contribution < 1.29 is 9.30 Å². The van der Waals surface area contributed by atoms with Crippen molar-refractivity contribution in [2.75, 3.05) is 0 Å². The Morgan fingerprint density at radius 2 is 1.10 bits per heavy atom. The normalized spacial score (nSPS) is 12.3. The quantitative estimate of drug-likeness (QED) is 0.107. The summed E-state index contributed by atoms with van der Waals surface area (Å²) in [7, 11) is 0. The van der Waals surface area contributed by atoms with E-state index < -0.39 is 0 Å². The van der Waals surface area contributed by atoms with Gasteiger partial charge in [0.05, 0.1) is 33.4 Å². The Bertz CT molecular complexity index is 3720. The molecule has 3 heterocycles. The van der Waals surface area contributed by atoms with Crippen molar-refractivity contribution in [2.24, 2.45) is 5.41 Å². The topological polar surface area (TPSA) is 35.9 Å². The fraction of sp³-hybridized carbons (Fsp3) is 0.194. The monoisotopic (exact) mass is 938 g/mol. The molecule has 0 bridgehead atoms. The zero-order valence-electron chi connectivity index (χ0n) is 43.0. The van der Waals surface area contributed by atoms with Crippen molar-refractivity contribution in [3.05, 3.63) is 223 Å². The summed E-state index contributed by atoms with van der Waals surface area (Å²) in [6, 6.07) is 69.5. The molecule has 0 unspecified atom stereocenters. The molecule has 0 radical (unpaired) electrons. The highest BCUT2D eigenvalue weighted by Gasteiger charge is 2.24. The lowest BCUT2D eigenvalue weighted by molar-refractivity contribution is -0.571. The summed E-state index contributed by atoms with van der Waals surface area (Å²) < 4.78 is 13.6. The van der Waals surface area contributed by atoms with Gasteiger partial charge in [0.1, 0.15) is 17.3 Å². The van der Waals surface area contributed by atoms with E-state index in [-0.39, 0.29) is 16.2 Å². The fourth-order valence-electron chi connectivity index (χ4n) is 10.2. The second-order valence-electron chi connectivity index (χ2n) is 22.6. The van der Waals surface area contributed by atoms with Gasteiger partial charge in [-0.15, -0.1) is 0 Å². The Morgan fingerprint density at radius 1 is 0.486 bits per heavy atom. The third-order valence-corrected chi connectivity index (χ3v) is 13.9. The number of hydrogen-bond donors (Lipinski definition) is 0. The van der Waals surface area contributed by atoms with Crippen LogP contribution < -0.4 is 9.30 Å². The van der Waals surface area contributed by atoms with Crippen LogP contribution in [0.3, 0.4) is 0 Å². The average molecular weight is 939 g/mol. The molecule has 0 aliphatic rings. The third kappa shape index (κ3) is 8.89. The Morgan fingerprint density at radius 3 is 1.76 bits per heavy atom. The van der Waals surface area contributed by atoms with Crippen LogP contribution in [0.1, 0.15) is 79.0 Å². The number of para-hydroxylation sites is 3. The highest BCUT2D eigenvalue weighted by atomic mass is 16.5. The first-order valence-corrected chi connectivity index (χ1v) is 25.2. The van der Waals surface area contributed by atoms with Crippen molar-refractivity contribution >= 4 is 32.8 Å². The summed E-state index contributed by atoms with van der Waals surface area (Å²) in [5.41, 5.74) is 17.1. The first kappa shape index (κ1) is 46.4. The Labute approximate surface area is 424 Å². The largest absolute Gasteiger partial charge is 0.458 e. The van der Waals surface area contributed by atoms with Gasteiger partial charge in [-0.1, -0.05) is 202 Å². The van der Waals surface area contributed by atoms with Crippen LogP contribution in [0, 0.1) is 11.7 Å². The Kier molecular flexibility index (Phi) is 11.6. The first-order valence-electron chi connectivity index (χ1n) is 25.2. The van der Waals surface area contributed by atoms with Gasteiger partial charge in [-0.05, 0) is 116 Å². The van der Waals surface area contributed by atoms with Gasteiger partial charge in [-0.2, -0.15) is 0 Å². The maximum absolute atomic E-state index is 6.90. The first-order chi connectivity index (χ1) is 34.6. The number of fused-ring (bicyclic) bond motifs is 4. The lowest BCUT2D eigenvalue weighted by atomic mass is 9.84. The van der Waals surface area contributed by atoms with Gasteiger partial charge in [0.25, 0.3) is 6.33 Å². The van der Waals surface area contributed by atoms with Crippen molar-refractivity contribution in [3.63, 3.8) is 0 Å². The molecule has 3 aromatic heterocycles. The molecule has 0 atom stereocenters. The van der Waals surface area contributed by atoms with Gasteiger partial charge in [-0.25, -0.2) is 4.98 Å². The minimum Gasteiger partial charge on any atom is -0.458 e. The standard InChI is InChI=1S/C67H62N4O/c1-65(2,3)42-48-38-63(68-43-58(48)47-30-32-49(33-31-47)66(4,5)6)71-59-37-34-50(67(7,8)9)39-57(59)56-36-35-53(41-62(56)71)72-52-25-18-24-51(40-52)69-44-70(61-29-17-16-28-60(61)69)64-54(45-20-12-10-13-21-45)26-19-27-55(64)46-22-14-11-15-23-46/h10-41,43H,42H2,1-9H3. The molecule has 0 aliphatic heterocycles. The van der Waals surface area contributed by atoms with Gasteiger partial charge in [0.15, 0.2) is 0 Å². The molecule has 0 aliphatic carbocycles. The van der Waals surface area contributed by atoms with E-state index in [0.29, 0.717) is 0 Å². The predicted octanol–water partition coefficient (Wildman–Crippen LogP) is 17.2. The lowest BCUT2D eigenvalue weighted by Gasteiger charge is -2.23. The molecule has 0 spiro atoms. The molecule has 8 aromatic carbocycles. The number of rotatable bonds is 9. The predicted molar refractivity (Wildman–Crippen MR) is 299 cm³/mol. The second kappa shape index (κ2) is 18.0. The van der Waals surface area contributed by atoms with Crippen molar-refractivity contribution in [1.82, 2.24) is 14.1 Å². The molecule has 0 saturated carbocycles. The van der Waals surface area contributed by atoms with Gasteiger partial charge < -0.3 is 4.74 Å². The number of ether oxygens (including phenoxy) is 1. The minimum atomic E-state index is -0.0177. The molecular weight excluding hydrogens is 877 g/mol. The molecule has 0 amide bonds. The van der Waals surface area contributed by atoms with Crippen molar-refractivity contribution in [1.29, 1.82) is 0 Å². The smallest absolute Gasteiger partial charge is 0.269 e. The molecule has 0 fully saturated rings. The van der Waals surface area contributed by atoms with E-state index in [0.717, 1.165) is 84.8 Å². The molecule has 356 valence electrons. The molecule has 11 aromatic rings. The van der Waals surface area contributed by atoms with E-state index in [4.69, 9.17) is 9.72 Å². The summed E-state index contributed by atoms with van der Waals surface area (Å²) >= 11 is 0. The number of pyridine rings is 1. The fourth-order valence-corrected chi connectivity index (χ4v) is 10.2. The minimum absolute atomic E-state index is 0.0177. The number of imidazole rings is 1. The third-order valence-electron chi connectivity index (χ3n) is 13.9. The Hall–Kier alpha value is -8.02. The van der Waals surface area contributed by atoms with Gasteiger partial charge in [-0.3, -0.25) is 13.7 Å². The van der Waals surface area contributed by atoms with E-state index in [1.54, 1.807) is 0 Å². The molecule has 72 heavy (non-hydrogen) atoms. The summed E-state index contributed by atoms with van der Waals surface area (Å²) in [6.07, 6.45) is 6.81. The van der Waals surface area contributed by atoms with E-state index in [1.165, 1.54) is 33.2 Å². The second-order valence-corrected chi connectivity index (χ2v) is 22.6. The number of hydrogen-bond acceptors (Lipinski definition) is 2. The summed E-state index contributed by atoms with van der Waals surface area (Å²) in [4.78, 5) is 5.30. The number of benzene rings is 8. The lowest BCUT2D eigenvalue weighted by Crippen LogP contribution is -2.31. The molecule has 0 saturated heterocycles. The van der Waals surface area contributed by atoms with Crippen LogP contribution in [0.2, 0.25) is 0 Å². The zero-order valence-corrected chi connectivity index (χ0v) is 43.0. The molecule has 0 N–H and O–H groups in total. The van der Waals surface area contributed by atoms with Gasteiger partial charge in [0.2, 0.25) is 0 Å². The van der Waals surface area contributed by atoms with Crippen LogP contribution in [0.25, 0.3) is 83.4 Å². The molecule has 5 nitrogen and oxygen atoms in total. The van der Waals surface area contributed by atoms with E-state index in [2.05, 4.69) is 277 Å². The van der Waals surface area contributed by atoms with E-state index in [1.807, 2.05) is 6.07 Å². The molecule has 5 heteroatoms. The van der Waals surface area contributed by atoms with Crippen LogP contribution in [0.5, 0.6) is 11.5 Å². The van der Waals surface area contributed by atoms with Crippen molar-refractivity contribution in [2.45, 2.75) is 79.6 Å². The average Bonchev–Trinajstić information content (AvgIpc) is 3.91. The van der Waals surface area contributed by atoms with Gasteiger partial charge >= 0.3 is 0 Å². The Balaban J connectivity index is 1.02. The number of aromatic nitrogens is 4. The SMILES string of the molecule is CC(C)(C)Cc1cc(-n2c3ccc(C(C)(C)C)cc3c3ccc(Oc4cccc(-n5[c-][n+](-c6c(-c7ccccc7)cccc6-c6ccccc6)c6ccccc65)c4)cc32)ncc1-c1ccc(C(C)(C)C)cc1. The summed E-state index contributed by atoms with van der Waals surface area (Å²) in [6.45, 7) is 20.6. The van der Waals surface area contributed by atoms with Crippen LogP contribution in [0.4, 0.5) is 0 Å². The highest BCUT2D eigenvalue weighted by Crippen LogP contribution is 2.40. The van der Waals surface area contributed by atoms with Crippen molar-refractivity contribution in [3.8, 4) is 62.1 Å². The molecular formula is C67H62N4O. The molecule has 11 rings (SSSR count). The van der Waals surface area contributed by atoms with Crippen LogP contribution in [0.15, 0.2) is 200 Å². The van der Waals surface area contributed by atoms with E-state index in [9.17, 15) is 0 Å². The maximum Gasteiger partial charge on any atom is 0.269 e. The van der Waals surface area contributed by atoms with Gasteiger partial charge in [0, 0.05) is 28.6 Å². The van der Waals surface area contributed by atoms with Crippen LogP contribution in [-0.2, 0) is 17.3 Å². The van der Waals surface area contributed by atoms with Crippen LogP contribution in [-0.4, -0.2) is 14.1 Å². The number of nitrogens with zero attached hydrogens (tertiary/aromatic N) is 4. The zero-order chi connectivity index (χ0) is 49.9. The maximum atomic E-state index is 6.90. The van der Waals surface area contributed by atoms with Crippen LogP contribution >= 0.6 is 0 Å². The van der Waals surface area contributed by atoms with E-state index >= 15 is 0 Å².